The number of nitrogens with zero attached hydrogens (tertiary/aromatic N) is 2. The number of rotatable bonds is 6. The Labute approximate surface area is 167 Å². The third-order valence-corrected chi connectivity index (χ3v) is 4.36. The van der Waals surface area contributed by atoms with Crippen molar-refractivity contribution < 1.29 is 14.3 Å². The Morgan fingerprint density at radius 3 is 2.28 bits per heavy atom. The number of carbonyl (C=O) groups excluding carboxylic acids is 2. The van der Waals surface area contributed by atoms with E-state index in [4.69, 9.17) is 4.74 Å². The van der Waals surface area contributed by atoms with Crippen LogP contribution < -0.4 is 20.9 Å². The van der Waals surface area contributed by atoms with Gasteiger partial charge in [0.1, 0.15) is 11.4 Å². The van der Waals surface area contributed by atoms with E-state index in [2.05, 4.69) is 10.6 Å². The molecule has 0 aliphatic heterocycles. The summed E-state index contributed by atoms with van der Waals surface area (Å²) in [6.07, 6.45) is 0. The zero-order valence-corrected chi connectivity index (χ0v) is 16.4. The van der Waals surface area contributed by atoms with E-state index in [0.717, 1.165) is 0 Å². The van der Waals surface area contributed by atoms with Crippen LogP contribution in [-0.2, 0) is 16.6 Å². The lowest BCUT2D eigenvalue weighted by molar-refractivity contribution is -0.118. The molecule has 0 saturated carbocycles. The van der Waals surface area contributed by atoms with Crippen LogP contribution in [0.4, 0.5) is 11.4 Å². The first-order valence-corrected chi connectivity index (χ1v) is 9.01. The van der Waals surface area contributed by atoms with Crippen molar-refractivity contribution in [1.82, 2.24) is 9.36 Å². The largest absolute Gasteiger partial charge is 0.484 e. The molecule has 0 radical (unpaired) electrons. The van der Waals surface area contributed by atoms with Gasteiger partial charge in [-0.25, -0.2) is 4.68 Å². The molecule has 0 aliphatic rings. The van der Waals surface area contributed by atoms with E-state index >= 15 is 0 Å². The molecule has 29 heavy (non-hydrogen) atoms. The molecule has 0 aliphatic carbocycles. The van der Waals surface area contributed by atoms with Crippen LogP contribution in [0.5, 0.6) is 5.75 Å². The number of anilines is 2. The first kappa shape index (κ1) is 19.9. The molecule has 2 aromatic carbocycles. The Hall–Kier alpha value is -3.81. The molecule has 150 valence electrons. The van der Waals surface area contributed by atoms with Gasteiger partial charge in [-0.05, 0) is 43.3 Å². The highest BCUT2D eigenvalue weighted by Gasteiger charge is 2.18. The predicted molar refractivity (Wildman–Crippen MR) is 111 cm³/mol. The van der Waals surface area contributed by atoms with Crippen molar-refractivity contribution in [3.05, 3.63) is 70.6 Å². The van der Waals surface area contributed by atoms with Crippen molar-refractivity contribution >= 4 is 23.2 Å². The molecule has 1 heterocycles. The molecular weight excluding hydrogens is 372 g/mol. The summed E-state index contributed by atoms with van der Waals surface area (Å²) in [6, 6.07) is 15.8. The normalized spacial score (nSPS) is 10.4. The smallest absolute Gasteiger partial charge is 0.295 e. The van der Waals surface area contributed by atoms with Gasteiger partial charge in [0.05, 0.1) is 11.4 Å². The summed E-state index contributed by atoms with van der Waals surface area (Å²) in [7, 11) is 1.76. The molecule has 0 unspecified atom stereocenters. The molecule has 0 atom stereocenters. The summed E-state index contributed by atoms with van der Waals surface area (Å²) in [5.74, 6) is -0.139. The molecular formula is C21H22N4O4. The number of carbonyl (C=O) groups is 2. The van der Waals surface area contributed by atoms with Gasteiger partial charge in [0.2, 0.25) is 5.91 Å². The summed E-state index contributed by atoms with van der Waals surface area (Å²) < 4.78 is 8.64. The van der Waals surface area contributed by atoms with E-state index in [1.54, 1.807) is 42.9 Å². The maximum absolute atomic E-state index is 12.8. The average Bonchev–Trinajstić information content (AvgIpc) is 2.91. The van der Waals surface area contributed by atoms with E-state index in [-0.39, 0.29) is 23.8 Å². The molecule has 0 fully saturated rings. The van der Waals surface area contributed by atoms with Crippen molar-refractivity contribution in [3.63, 3.8) is 0 Å². The van der Waals surface area contributed by atoms with Crippen molar-refractivity contribution in [3.8, 4) is 11.4 Å². The zero-order chi connectivity index (χ0) is 21.0. The third kappa shape index (κ3) is 4.55. The van der Waals surface area contributed by atoms with E-state index in [1.807, 2.05) is 30.3 Å². The van der Waals surface area contributed by atoms with Crippen LogP contribution in [0.3, 0.4) is 0 Å². The predicted octanol–water partition coefficient (Wildman–Crippen LogP) is 2.46. The molecule has 8 nitrogen and oxygen atoms in total. The summed E-state index contributed by atoms with van der Waals surface area (Å²) in [5.41, 5.74) is 1.87. The quantitative estimate of drug-likeness (QED) is 0.672. The number of hydrogen-bond acceptors (Lipinski definition) is 4. The molecule has 0 saturated heterocycles. The minimum Gasteiger partial charge on any atom is -0.484 e. The third-order valence-electron chi connectivity index (χ3n) is 4.36. The van der Waals surface area contributed by atoms with E-state index in [9.17, 15) is 14.4 Å². The van der Waals surface area contributed by atoms with Gasteiger partial charge >= 0.3 is 0 Å². The van der Waals surface area contributed by atoms with Gasteiger partial charge in [-0.1, -0.05) is 18.2 Å². The lowest BCUT2D eigenvalue weighted by Gasteiger charge is -2.08. The number of hydrogen-bond donors (Lipinski definition) is 2. The second kappa shape index (κ2) is 8.47. The minimum absolute atomic E-state index is 0.169. The number of para-hydroxylation sites is 1. The lowest BCUT2D eigenvalue weighted by atomic mass is 10.3. The fourth-order valence-corrected chi connectivity index (χ4v) is 2.87. The molecule has 3 aromatic rings. The number of nitrogens with one attached hydrogen (secondary N) is 2. The highest BCUT2D eigenvalue weighted by molar-refractivity contribution is 5.92. The monoisotopic (exact) mass is 394 g/mol. The first-order valence-electron chi connectivity index (χ1n) is 9.01. The second-order valence-electron chi connectivity index (χ2n) is 6.48. The Morgan fingerprint density at radius 2 is 1.66 bits per heavy atom. The summed E-state index contributed by atoms with van der Waals surface area (Å²) >= 11 is 0. The van der Waals surface area contributed by atoms with Gasteiger partial charge in [-0.2, -0.15) is 0 Å². The standard InChI is InChI=1S/C21H22N4O4/c1-14-20(21(28)25(24(14)3)17-7-5-4-6-8-17)23-19(27)13-29-18-11-9-16(10-12-18)22-15(2)26/h4-12H,13H2,1-3H3,(H,22,26)(H,23,27). The van der Waals surface area contributed by atoms with E-state index in [1.165, 1.54) is 11.6 Å². The van der Waals surface area contributed by atoms with E-state index < -0.39 is 5.91 Å². The summed E-state index contributed by atoms with van der Waals surface area (Å²) in [4.78, 5) is 36.1. The number of benzene rings is 2. The summed E-state index contributed by atoms with van der Waals surface area (Å²) in [6.45, 7) is 2.93. The maximum atomic E-state index is 12.8. The first-order chi connectivity index (χ1) is 13.9. The van der Waals surface area contributed by atoms with Crippen molar-refractivity contribution in [2.75, 3.05) is 17.2 Å². The van der Waals surface area contributed by atoms with E-state index in [0.29, 0.717) is 22.8 Å². The van der Waals surface area contributed by atoms with Gasteiger partial charge in [-0.3, -0.25) is 19.1 Å². The number of ether oxygens (including phenoxy) is 1. The molecule has 0 bridgehead atoms. The number of aromatic nitrogens is 2. The average molecular weight is 394 g/mol. The fraction of sp³-hybridized carbons (Fsp3) is 0.190. The van der Waals surface area contributed by atoms with Crippen molar-refractivity contribution in [2.45, 2.75) is 13.8 Å². The molecule has 0 spiro atoms. The van der Waals surface area contributed by atoms with Gasteiger partial charge in [-0.15, -0.1) is 0 Å². The highest BCUT2D eigenvalue weighted by Crippen LogP contribution is 2.16. The SMILES string of the molecule is CC(=O)Nc1ccc(OCC(=O)Nc2c(C)n(C)n(-c3ccccc3)c2=O)cc1. The molecule has 3 rings (SSSR count). The van der Waals surface area contributed by atoms with Gasteiger partial charge < -0.3 is 15.4 Å². The Morgan fingerprint density at radius 1 is 1.00 bits per heavy atom. The molecule has 1 aromatic heterocycles. The van der Waals surface area contributed by atoms with Gasteiger partial charge in [0.15, 0.2) is 6.61 Å². The second-order valence-corrected chi connectivity index (χ2v) is 6.48. The van der Waals surface area contributed by atoms with Crippen LogP contribution in [-0.4, -0.2) is 27.8 Å². The van der Waals surface area contributed by atoms with Crippen LogP contribution in [0.1, 0.15) is 12.6 Å². The Balaban J connectivity index is 1.68. The highest BCUT2D eigenvalue weighted by atomic mass is 16.5. The van der Waals surface area contributed by atoms with Crippen molar-refractivity contribution in [1.29, 1.82) is 0 Å². The van der Waals surface area contributed by atoms with Crippen LogP contribution >= 0.6 is 0 Å². The topological polar surface area (TPSA) is 94.4 Å². The zero-order valence-electron chi connectivity index (χ0n) is 16.4. The molecule has 2 amide bonds. The molecule has 8 heteroatoms. The maximum Gasteiger partial charge on any atom is 0.295 e. The molecule has 2 N–H and O–H groups in total. The minimum atomic E-state index is -0.443. The lowest BCUT2D eigenvalue weighted by Crippen LogP contribution is -2.25. The van der Waals surface area contributed by atoms with Crippen LogP contribution in [0, 0.1) is 6.92 Å². The van der Waals surface area contributed by atoms with Crippen LogP contribution in [0.2, 0.25) is 0 Å². The van der Waals surface area contributed by atoms with Crippen molar-refractivity contribution in [2.24, 2.45) is 7.05 Å². The van der Waals surface area contributed by atoms with Crippen LogP contribution in [0.15, 0.2) is 59.4 Å². The fourth-order valence-electron chi connectivity index (χ4n) is 2.87. The Kier molecular flexibility index (Phi) is 5.82. The van der Waals surface area contributed by atoms with Gasteiger partial charge in [0.25, 0.3) is 11.5 Å². The number of amides is 2. The summed E-state index contributed by atoms with van der Waals surface area (Å²) in [5, 5.41) is 5.29. The van der Waals surface area contributed by atoms with Gasteiger partial charge in [0, 0.05) is 19.7 Å². The van der Waals surface area contributed by atoms with Crippen LogP contribution in [0.25, 0.3) is 5.69 Å². The Bertz CT molecular complexity index is 1080.